The first-order valence-corrected chi connectivity index (χ1v) is 9.43. The van der Waals surface area contributed by atoms with E-state index < -0.39 is 41.3 Å². The van der Waals surface area contributed by atoms with Gasteiger partial charge in [-0.3, -0.25) is 9.80 Å². The third kappa shape index (κ3) is 3.97. The highest BCUT2D eigenvalue weighted by Crippen LogP contribution is 2.55. The summed E-state index contributed by atoms with van der Waals surface area (Å²) >= 11 is 0. The van der Waals surface area contributed by atoms with Crippen LogP contribution in [0.5, 0.6) is 0 Å². The molecule has 0 unspecified atom stereocenters. The Labute approximate surface area is 162 Å². The fourth-order valence-electron chi connectivity index (χ4n) is 3.92. The van der Waals surface area contributed by atoms with E-state index in [-0.39, 0.29) is 25.9 Å². The van der Waals surface area contributed by atoms with Crippen molar-refractivity contribution in [3.05, 3.63) is 35.6 Å². The molecule has 0 aromatic heterocycles. The van der Waals surface area contributed by atoms with Gasteiger partial charge in [0.05, 0.1) is 6.04 Å². The minimum Gasteiger partial charge on any atom is -0.444 e. The minimum absolute atomic E-state index is 0.0194. The van der Waals surface area contributed by atoms with E-state index in [1.54, 1.807) is 27.7 Å². The second kappa shape index (κ2) is 6.90. The highest BCUT2D eigenvalue weighted by Gasteiger charge is 2.68. The second-order valence-electron chi connectivity index (χ2n) is 8.73. The summed E-state index contributed by atoms with van der Waals surface area (Å²) < 4.78 is 60.0. The molecule has 1 aliphatic carbocycles. The molecule has 0 radical (unpaired) electrons. The molecule has 2 atom stereocenters. The number of amides is 1. The Morgan fingerprint density at radius 1 is 1.11 bits per heavy atom. The SMILES string of the molecule is C[C@H]1CN(C(=O)OC(C)(C)C)[C@H](c2ccc(F)cc2)CN1C1(C(F)(F)F)CC1. The van der Waals surface area contributed by atoms with Gasteiger partial charge in [-0.25, -0.2) is 9.18 Å². The van der Waals surface area contributed by atoms with Gasteiger partial charge in [-0.05, 0) is 58.2 Å². The number of rotatable bonds is 2. The molecule has 0 spiro atoms. The molecule has 1 amide bonds. The van der Waals surface area contributed by atoms with E-state index in [4.69, 9.17) is 4.74 Å². The van der Waals surface area contributed by atoms with Gasteiger partial charge < -0.3 is 4.74 Å². The topological polar surface area (TPSA) is 32.8 Å². The molecule has 0 N–H and O–H groups in total. The van der Waals surface area contributed by atoms with Crippen molar-refractivity contribution in [3.63, 3.8) is 0 Å². The Bertz CT molecular complexity index is 723. The van der Waals surface area contributed by atoms with Crippen LogP contribution in [0.25, 0.3) is 0 Å². The molecule has 8 heteroatoms. The van der Waals surface area contributed by atoms with Crippen LogP contribution in [0.15, 0.2) is 24.3 Å². The number of carbonyl (C=O) groups is 1. The predicted octanol–water partition coefficient (Wildman–Crippen LogP) is 4.90. The van der Waals surface area contributed by atoms with Gasteiger partial charge in [-0.15, -0.1) is 0 Å². The molecule has 4 nitrogen and oxygen atoms in total. The monoisotopic (exact) mass is 402 g/mol. The van der Waals surface area contributed by atoms with Crippen molar-refractivity contribution in [1.82, 2.24) is 9.80 Å². The molecule has 2 aliphatic rings. The molecule has 28 heavy (non-hydrogen) atoms. The van der Waals surface area contributed by atoms with E-state index in [0.717, 1.165) is 0 Å². The molecule has 1 aromatic carbocycles. The summed E-state index contributed by atoms with van der Waals surface area (Å²) in [6.45, 7) is 7.03. The van der Waals surface area contributed by atoms with E-state index in [1.165, 1.54) is 34.1 Å². The molecule has 156 valence electrons. The second-order valence-corrected chi connectivity index (χ2v) is 8.73. The molecule has 2 fully saturated rings. The third-order valence-corrected chi connectivity index (χ3v) is 5.42. The normalized spacial score (nSPS) is 25.5. The third-order valence-electron chi connectivity index (χ3n) is 5.42. The van der Waals surface area contributed by atoms with Gasteiger partial charge >= 0.3 is 12.3 Å². The molecular formula is C20H26F4N2O2. The smallest absolute Gasteiger partial charge is 0.410 e. The van der Waals surface area contributed by atoms with E-state index in [0.29, 0.717) is 5.56 Å². The van der Waals surface area contributed by atoms with Crippen molar-refractivity contribution in [2.45, 2.75) is 69.9 Å². The van der Waals surface area contributed by atoms with Crippen LogP contribution >= 0.6 is 0 Å². The lowest BCUT2D eigenvalue weighted by Gasteiger charge is -2.49. The summed E-state index contributed by atoms with van der Waals surface area (Å²) in [5, 5.41) is 0. The highest BCUT2D eigenvalue weighted by atomic mass is 19.4. The lowest BCUT2D eigenvalue weighted by Crippen LogP contribution is -2.62. The highest BCUT2D eigenvalue weighted by molar-refractivity contribution is 5.69. The van der Waals surface area contributed by atoms with Crippen molar-refractivity contribution in [1.29, 1.82) is 0 Å². The number of carbonyl (C=O) groups excluding carboxylic acids is 1. The Morgan fingerprint density at radius 3 is 2.14 bits per heavy atom. The number of nitrogens with zero attached hydrogens (tertiary/aromatic N) is 2. The maximum atomic E-state index is 13.7. The molecule has 1 saturated heterocycles. The van der Waals surface area contributed by atoms with Crippen LogP contribution in [-0.4, -0.2) is 52.3 Å². The summed E-state index contributed by atoms with van der Waals surface area (Å²) in [4.78, 5) is 15.7. The zero-order valence-corrected chi connectivity index (χ0v) is 16.5. The zero-order chi connectivity index (χ0) is 20.9. The number of alkyl halides is 3. The standard InChI is InChI=1S/C20H26F4N2O2/c1-13-11-25(17(27)28-18(2,3)4)16(14-5-7-15(21)8-6-14)12-26(13)19(9-10-19)20(22,23)24/h5-8,13,16H,9-12H2,1-4H3/t13-,16-/m0/s1. The number of benzene rings is 1. The Kier molecular flexibility index (Phi) is 5.15. The molecule has 3 rings (SSSR count). The van der Waals surface area contributed by atoms with E-state index in [9.17, 15) is 22.4 Å². The number of piperazine rings is 1. The van der Waals surface area contributed by atoms with Crippen molar-refractivity contribution in [2.24, 2.45) is 0 Å². The molecule has 1 aromatic rings. The average Bonchev–Trinajstić information content (AvgIpc) is 3.35. The number of hydrogen-bond acceptors (Lipinski definition) is 3. The average molecular weight is 402 g/mol. The van der Waals surface area contributed by atoms with Gasteiger partial charge in [0.15, 0.2) is 0 Å². The van der Waals surface area contributed by atoms with Crippen LogP contribution in [-0.2, 0) is 4.74 Å². The fourth-order valence-corrected chi connectivity index (χ4v) is 3.92. The summed E-state index contributed by atoms with van der Waals surface area (Å²) in [7, 11) is 0. The van der Waals surface area contributed by atoms with E-state index >= 15 is 0 Å². The van der Waals surface area contributed by atoms with Crippen LogP contribution in [0.3, 0.4) is 0 Å². The maximum Gasteiger partial charge on any atom is 0.410 e. The Morgan fingerprint density at radius 2 is 1.68 bits per heavy atom. The minimum atomic E-state index is -4.33. The van der Waals surface area contributed by atoms with Crippen LogP contribution < -0.4 is 0 Å². The van der Waals surface area contributed by atoms with Gasteiger partial charge in [-0.1, -0.05) is 12.1 Å². The zero-order valence-electron chi connectivity index (χ0n) is 16.5. The van der Waals surface area contributed by atoms with Crippen molar-refractivity contribution in [3.8, 4) is 0 Å². The van der Waals surface area contributed by atoms with Crippen LogP contribution in [0.4, 0.5) is 22.4 Å². The summed E-state index contributed by atoms with van der Waals surface area (Å²) in [6, 6.07) is 4.40. The first-order chi connectivity index (χ1) is 12.8. The lowest BCUT2D eigenvalue weighted by atomic mass is 9.97. The van der Waals surface area contributed by atoms with Crippen LogP contribution in [0, 0.1) is 5.82 Å². The summed E-state index contributed by atoms with van der Waals surface area (Å²) in [6.07, 6.45) is -4.79. The number of ether oxygens (including phenoxy) is 1. The van der Waals surface area contributed by atoms with E-state index in [1.807, 2.05) is 0 Å². The predicted molar refractivity (Wildman–Crippen MR) is 96.3 cm³/mol. The molecular weight excluding hydrogens is 376 g/mol. The van der Waals surface area contributed by atoms with E-state index in [2.05, 4.69) is 0 Å². The van der Waals surface area contributed by atoms with Crippen molar-refractivity contribution < 1.29 is 27.1 Å². The quantitative estimate of drug-likeness (QED) is 0.660. The maximum absolute atomic E-state index is 13.7. The first kappa shape index (κ1) is 20.9. The Balaban J connectivity index is 1.93. The summed E-state index contributed by atoms with van der Waals surface area (Å²) in [5.74, 6) is -0.442. The van der Waals surface area contributed by atoms with Gasteiger partial charge in [0.1, 0.15) is 17.0 Å². The van der Waals surface area contributed by atoms with Crippen molar-refractivity contribution in [2.75, 3.05) is 13.1 Å². The van der Waals surface area contributed by atoms with Gasteiger partial charge in [0.25, 0.3) is 0 Å². The molecule has 1 heterocycles. The summed E-state index contributed by atoms with van der Waals surface area (Å²) in [5.41, 5.74) is -1.97. The van der Waals surface area contributed by atoms with Crippen molar-refractivity contribution >= 4 is 6.09 Å². The largest absolute Gasteiger partial charge is 0.444 e. The van der Waals surface area contributed by atoms with Gasteiger partial charge in [0, 0.05) is 19.1 Å². The van der Waals surface area contributed by atoms with Crippen LogP contribution in [0.1, 0.15) is 52.1 Å². The van der Waals surface area contributed by atoms with Gasteiger partial charge in [-0.2, -0.15) is 13.2 Å². The fraction of sp³-hybridized carbons (Fsp3) is 0.650. The number of hydrogen-bond donors (Lipinski definition) is 0. The lowest BCUT2D eigenvalue weighted by molar-refractivity contribution is -0.209. The molecule has 0 bridgehead atoms. The van der Waals surface area contributed by atoms with Gasteiger partial charge in [0.2, 0.25) is 0 Å². The molecule has 1 aliphatic heterocycles. The van der Waals surface area contributed by atoms with Crippen LogP contribution in [0.2, 0.25) is 0 Å². The Hall–Kier alpha value is -1.83. The number of halogens is 4. The molecule has 1 saturated carbocycles. The first-order valence-electron chi connectivity index (χ1n) is 9.43.